The minimum atomic E-state index is -0.347. The zero-order valence-corrected chi connectivity index (χ0v) is 10.8. The number of methoxy groups -OCH3 is 1. The number of carbonyl (C=O) groups excluding carboxylic acids is 1. The van der Waals surface area contributed by atoms with Gasteiger partial charge in [-0.2, -0.15) is 0 Å². The van der Waals surface area contributed by atoms with Crippen molar-refractivity contribution in [3.8, 4) is 0 Å². The summed E-state index contributed by atoms with van der Waals surface area (Å²) in [5.41, 5.74) is 0. The van der Waals surface area contributed by atoms with Crippen molar-refractivity contribution in [2.45, 2.75) is 45.1 Å². The van der Waals surface area contributed by atoms with Crippen molar-refractivity contribution < 1.29 is 14.3 Å². The summed E-state index contributed by atoms with van der Waals surface area (Å²) < 4.78 is 10.1. The lowest BCUT2D eigenvalue weighted by molar-refractivity contribution is -0.144. The Bertz CT molecular complexity index is 174. The number of ether oxygens (including phenoxy) is 2. The van der Waals surface area contributed by atoms with Crippen LogP contribution in [0.2, 0.25) is 0 Å². The first-order valence-corrected chi connectivity index (χ1v) is 6.09. The highest BCUT2D eigenvalue weighted by Gasteiger charge is 2.16. The highest BCUT2D eigenvalue weighted by Crippen LogP contribution is 2.02. The lowest BCUT2D eigenvalue weighted by Crippen LogP contribution is -2.39. The summed E-state index contributed by atoms with van der Waals surface area (Å²) in [6.45, 7) is 3.31. The Kier molecular flexibility index (Phi) is 10.5. The Balaban J connectivity index is 3.38. The second kappa shape index (κ2) is 10.9. The molecule has 1 atom stereocenters. The van der Waals surface area contributed by atoms with Crippen LogP contribution in [0.25, 0.3) is 0 Å². The van der Waals surface area contributed by atoms with Crippen LogP contribution in [-0.2, 0) is 14.3 Å². The molecule has 0 spiro atoms. The van der Waals surface area contributed by atoms with Crippen molar-refractivity contribution in [3.63, 3.8) is 0 Å². The summed E-state index contributed by atoms with van der Waals surface area (Å²) in [5, 5.41) is 2.86. The van der Waals surface area contributed by atoms with Gasteiger partial charge < -0.3 is 14.8 Å². The van der Waals surface area contributed by atoms with Crippen LogP contribution in [-0.4, -0.2) is 39.4 Å². The molecule has 1 N–H and O–H groups in total. The minimum absolute atomic E-state index is 0.270. The van der Waals surface area contributed by atoms with Crippen LogP contribution in [0.4, 0.5) is 0 Å². The third-order valence-electron chi connectivity index (χ3n) is 2.51. The normalized spacial score (nSPS) is 12.4. The smallest absolute Gasteiger partial charge is 0.325 e. The summed E-state index contributed by atoms with van der Waals surface area (Å²) in [4.78, 5) is 11.2. The summed E-state index contributed by atoms with van der Waals surface area (Å²) in [7, 11) is 3.11. The lowest BCUT2D eigenvalue weighted by atomic mass is 10.2. The summed E-state index contributed by atoms with van der Waals surface area (Å²) in [6.07, 6.45) is 6.09. The van der Waals surface area contributed by atoms with E-state index in [2.05, 4.69) is 17.0 Å². The molecule has 0 aromatic heterocycles. The van der Waals surface area contributed by atoms with E-state index in [9.17, 15) is 4.79 Å². The fraction of sp³-hybridized carbons (Fsp3) is 0.917. The van der Waals surface area contributed by atoms with E-state index in [1.165, 1.54) is 32.8 Å². The fourth-order valence-corrected chi connectivity index (χ4v) is 1.42. The first-order chi connectivity index (χ1) is 7.76. The molecule has 0 rings (SSSR count). The van der Waals surface area contributed by atoms with Gasteiger partial charge in [-0.15, -0.1) is 0 Å². The predicted molar refractivity (Wildman–Crippen MR) is 64.4 cm³/mol. The first-order valence-electron chi connectivity index (χ1n) is 6.09. The van der Waals surface area contributed by atoms with Crippen molar-refractivity contribution in [2.24, 2.45) is 0 Å². The van der Waals surface area contributed by atoms with Crippen LogP contribution in [0.3, 0.4) is 0 Å². The average Bonchev–Trinajstić information content (AvgIpc) is 2.32. The van der Waals surface area contributed by atoms with E-state index in [-0.39, 0.29) is 12.0 Å². The van der Waals surface area contributed by atoms with Gasteiger partial charge in [0.2, 0.25) is 0 Å². The third kappa shape index (κ3) is 7.65. The number of nitrogens with one attached hydrogen (secondary N) is 1. The number of rotatable bonds is 10. The Morgan fingerprint density at radius 1 is 1.25 bits per heavy atom. The van der Waals surface area contributed by atoms with Gasteiger partial charge in [0.25, 0.3) is 0 Å². The van der Waals surface area contributed by atoms with Gasteiger partial charge >= 0.3 is 5.97 Å². The monoisotopic (exact) mass is 231 g/mol. The molecule has 0 saturated carbocycles. The van der Waals surface area contributed by atoms with Gasteiger partial charge in [-0.25, -0.2) is 0 Å². The molecule has 96 valence electrons. The van der Waals surface area contributed by atoms with Gasteiger partial charge in [0.15, 0.2) is 0 Å². The molecule has 4 nitrogen and oxygen atoms in total. The molecular weight excluding hydrogens is 206 g/mol. The zero-order valence-electron chi connectivity index (χ0n) is 10.8. The van der Waals surface area contributed by atoms with Crippen LogP contribution in [0.1, 0.15) is 39.0 Å². The summed E-state index contributed by atoms with van der Waals surface area (Å²) in [5.74, 6) is -0.270. The van der Waals surface area contributed by atoms with Gasteiger partial charge in [0.05, 0.1) is 13.7 Å². The lowest BCUT2D eigenvalue weighted by Gasteiger charge is -2.13. The van der Waals surface area contributed by atoms with Crippen molar-refractivity contribution in [2.75, 3.05) is 27.4 Å². The first kappa shape index (κ1) is 15.4. The molecule has 16 heavy (non-hydrogen) atoms. The Morgan fingerprint density at radius 3 is 2.50 bits per heavy atom. The Morgan fingerprint density at radius 2 is 1.94 bits per heavy atom. The zero-order chi connectivity index (χ0) is 12.2. The van der Waals surface area contributed by atoms with Crippen molar-refractivity contribution in [1.29, 1.82) is 0 Å². The topological polar surface area (TPSA) is 47.6 Å². The fourth-order valence-electron chi connectivity index (χ4n) is 1.42. The van der Waals surface area contributed by atoms with E-state index >= 15 is 0 Å². The van der Waals surface area contributed by atoms with Crippen molar-refractivity contribution in [3.05, 3.63) is 0 Å². The number of hydrogen-bond donors (Lipinski definition) is 1. The molecule has 0 heterocycles. The molecule has 1 unspecified atom stereocenters. The maximum absolute atomic E-state index is 11.2. The van der Waals surface area contributed by atoms with Gasteiger partial charge in [0, 0.05) is 6.61 Å². The molecule has 0 radical (unpaired) electrons. The van der Waals surface area contributed by atoms with E-state index < -0.39 is 0 Å². The highest BCUT2D eigenvalue weighted by molar-refractivity contribution is 5.75. The predicted octanol–water partition coefficient (Wildman–Crippen LogP) is 1.73. The number of unbranched alkanes of at least 4 members (excludes halogenated alkanes) is 4. The molecule has 0 amide bonds. The Labute approximate surface area is 98.7 Å². The number of carbonyl (C=O) groups is 1. The summed E-state index contributed by atoms with van der Waals surface area (Å²) >= 11 is 0. The Hall–Kier alpha value is -0.610. The molecule has 0 bridgehead atoms. The van der Waals surface area contributed by atoms with E-state index in [0.29, 0.717) is 6.61 Å². The minimum Gasteiger partial charge on any atom is -0.468 e. The molecule has 0 aliphatic heterocycles. The standard InChI is InChI=1S/C12H25NO3/c1-4-5-6-7-8-9-16-10-11(13-2)12(14)15-3/h11,13H,4-10H2,1-3H3. The average molecular weight is 231 g/mol. The van der Waals surface area contributed by atoms with Crippen LogP contribution < -0.4 is 5.32 Å². The van der Waals surface area contributed by atoms with E-state index in [1.807, 2.05) is 0 Å². The second-order valence-corrected chi connectivity index (χ2v) is 3.85. The van der Waals surface area contributed by atoms with Crippen LogP contribution >= 0.6 is 0 Å². The molecule has 0 fully saturated rings. The molecule has 4 heteroatoms. The highest BCUT2D eigenvalue weighted by atomic mass is 16.5. The second-order valence-electron chi connectivity index (χ2n) is 3.85. The number of hydrogen-bond acceptors (Lipinski definition) is 4. The van der Waals surface area contributed by atoms with E-state index in [4.69, 9.17) is 4.74 Å². The van der Waals surface area contributed by atoms with Gasteiger partial charge in [-0.1, -0.05) is 32.6 Å². The molecule has 0 aromatic carbocycles. The summed E-state index contributed by atoms with van der Waals surface area (Å²) in [6, 6.07) is -0.347. The number of likely N-dealkylation sites (N-methyl/N-ethyl adjacent to an activating group) is 1. The van der Waals surface area contributed by atoms with E-state index in [1.54, 1.807) is 7.05 Å². The third-order valence-corrected chi connectivity index (χ3v) is 2.51. The molecule has 0 saturated heterocycles. The van der Waals surface area contributed by atoms with Crippen molar-refractivity contribution in [1.82, 2.24) is 5.32 Å². The largest absolute Gasteiger partial charge is 0.468 e. The SMILES string of the molecule is CCCCCCCOCC(NC)C(=O)OC. The van der Waals surface area contributed by atoms with E-state index in [0.717, 1.165) is 13.0 Å². The maximum Gasteiger partial charge on any atom is 0.325 e. The molecule has 0 aliphatic carbocycles. The van der Waals surface area contributed by atoms with Crippen LogP contribution in [0.15, 0.2) is 0 Å². The van der Waals surface area contributed by atoms with Gasteiger partial charge in [0.1, 0.15) is 6.04 Å². The number of esters is 1. The van der Waals surface area contributed by atoms with Gasteiger partial charge in [-0.05, 0) is 13.5 Å². The molecule has 0 aliphatic rings. The van der Waals surface area contributed by atoms with Crippen LogP contribution in [0.5, 0.6) is 0 Å². The quantitative estimate of drug-likeness (QED) is 0.459. The molecular formula is C12H25NO3. The maximum atomic E-state index is 11.2. The van der Waals surface area contributed by atoms with Gasteiger partial charge in [-0.3, -0.25) is 4.79 Å². The van der Waals surface area contributed by atoms with Crippen LogP contribution in [0, 0.1) is 0 Å². The molecule has 0 aromatic rings. The van der Waals surface area contributed by atoms with Crippen molar-refractivity contribution >= 4 is 5.97 Å².